The summed E-state index contributed by atoms with van der Waals surface area (Å²) in [7, 11) is 0. The van der Waals surface area contributed by atoms with E-state index in [-0.39, 0.29) is 24.3 Å². The fourth-order valence-electron chi connectivity index (χ4n) is 6.25. The van der Waals surface area contributed by atoms with Crippen molar-refractivity contribution < 1.29 is 23.8 Å². The predicted octanol–water partition coefficient (Wildman–Crippen LogP) is 12.6. The summed E-state index contributed by atoms with van der Waals surface area (Å²) in [5, 5.41) is 0. The molecule has 0 aliphatic rings. The van der Waals surface area contributed by atoms with Crippen LogP contribution in [0.4, 0.5) is 0 Å². The van der Waals surface area contributed by atoms with Crippen molar-refractivity contribution in [3.8, 4) is 39.6 Å². The van der Waals surface area contributed by atoms with E-state index in [2.05, 4.69) is 11.9 Å². The number of ether oxygens (including phenoxy) is 3. The first-order chi connectivity index (χ1) is 26.4. The minimum Gasteiger partial charge on any atom is -0.492 e. The zero-order valence-corrected chi connectivity index (χ0v) is 32.2. The molecule has 5 rings (SSSR count). The summed E-state index contributed by atoms with van der Waals surface area (Å²) in [4.78, 5) is 29.8. The topological polar surface area (TPSA) is 74.7 Å². The number of nitrogens with zero attached hydrogens (tertiary/aromatic N) is 1. The molecule has 0 saturated heterocycles. The molecule has 282 valence electrons. The number of rotatable bonds is 22. The zero-order valence-electron chi connectivity index (χ0n) is 32.2. The van der Waals surface area contributed by atoms with Gasteiger partial charge in [0.25, 0.3) is 0 Å². The Morgan fingerprint density at radius 2 is 1.06 bits per heavy atom. The van der Waals surface area contributed by atoms with Gasteiger partial charge in [0, 0.05) is 17.2 Å². The van der Waals surface area contributed by atoms with Crippen LogP contribution in [0, 0.1) is 0 Å². The van der Waals surface area contributed by atoms with E-state index in [9.17, 15) is 9.59 Å². The highest BCUT2D eigenvalue weighted by Gasteiger charge is 2.12. The van der Waals surface area contributed by atoms with Gasteiger partial charge in [0.1, 0.15) is 11.5 Å². The molecule has 0 N–H and O–H groups in total. The SMILES string of the molecule is CCCCCCCCCCCCOc1ccc(Oc2ccc(-c3ccc(C(=O)c4ccc(-c5ccc(CC(=O)OC(C)CC)cc5)cc4)cc3)cc2)nc1. The average molecular weight is 726 g/mol. The van der Waals surface area contributed by atoms with E-state index in [4.69, 9.17) is 14.2 Å². The molecule has 0 fully saturated rings. The Kier molecular flexibility index (Phi) is 15.9. The van der Waals surface area contributed by atoms with Crippen molar-refractivity contribution in [2.75, 3.05) is 6.61 Å². The molecule has 0 aliphatic heterocycles. The number of aromatic nitrogens is 1. The lowest BCUT2D eigenvalue weighted by Crippen LogP contribution is -2.15. The van der Waals surface area contributed by atoms with Gasteiger partial charge in [0.2, 0.25) is 5.88 Å². The predicted molar refractivity (Wildman–Crippen MR) is 218 cm³/mol. The summed E-state index contributed by atoms with van der Waals surface area (Å²) in [6.45, 7) is 6.86. The van der Waals surface area contributed by atoms with Crippen molar-refractivity contribution in [2.24, 2.45) is 0 Å². The molecular formula is C48H55NO5. The standard InChI is InChI=1S/C48H55NO5/c1-4-6-7-8-9-10-11-12-13-14-33-52-45-31-32-46(49-35-45)54-44-29-27-41(28-30-44)40-21-25-43(26-22-40)48(51)42-23-19-39(20-24-42)38-17-15-37(16-18-38)34-47(50)53-36(3)5-2/h15-32,35-36H,4-14,33-34H2,1-3H3. The Bertz CT molecular complexity index is 1850. The quantitative estimate of drug-likeness (QED) is 0.0402. The lowest BCUT2D eigenvalue weighted by molar-refractivity contribution is -0.147. The number of hydrogen-bond acceptors (Lipinski definition) is 6. The number of carbonyl (C=O) groups is 2. The van der Waals surface area contributed by atoms with Gasteiger partial charge in [0.05, 0.1) is 25.3 Å². The summed E-state index contributed by atoms with van der Waals surface area (Å²) in [5.41, 5.74) is 6.20. The zero-order chi connectivity index (χ0) is 38.0. The van der Waals surface area contributed by atoms with Crippen molar-refractivity contribution in [3.63, 3.8) is 0 Å². The molecule has 0 saturated carbocycles. The highest BCUT2D eigenvalue weighted by atomic mass is 16.5. The molecule has 1 unspecified atom stereocenters. The normalized spacial score (nSPS) is 11.5. The summed E-state index contributed by atoms with van der Waals surface area (Å²) in [5.74, 6) is 1.71. The Hall–Kier alpha value is -5.23. The minimum atomic E-state index is -0.216. The first-order valence-corrected chi connectivity index (χ1v) is 19.8. The largest absolute Gasteiger partial charge is 0.492 e. The van der Waals surface area contributed by atoms with Gasteiger partial charge in [-0.25, -0.2) is 4.98 Å². The maximum absolute atomic E-state index is 13.3. The van der Waals surface area contributed by atoms with Crippen LogP contribution in [0.5, 0.6) is 17.4 Å². The van der Waals surface area contributed by atoms with Crippen LogP contribution in [0.1, 0.15) is 113 Å². The van der Waals surface area contributed by atoms with Gasteiger partial charge in [-0.1, -0.05) is 157 Å². The van der Waals surface area contributed by atoms with Crippen molar-refractivity contribution in [2.45, 2.75) is 104 Å². The fraction of sp³-hybridized carbons (Fsp3) is 0.354. The third-order valence-corrected chi connectivity index (χ3v) is 9.72. The van der Waals surface area contributed by atoms with Crippen LogP contribution in [-0.2, 0) is 16.0 Å². The Balaban J connectivity index is 1.04. The first-order valence-electron chi connectivity index (χ1n) is 19.8. The molecule has 0 bridgehead atoms. The van der Waals surface area contributed by atoms with E-state index in [1.54, 1.807) is 6.20 Å². The second-order valence-corrected chi connectivity index (χ2v) is 14.1. The number of unbranched alkanes of at least 4 members (excludes halogenated alkanes) is 9. The third kappa shape index (κ3) is 12.7. The second kappa shape index (κ2) is 21.5. The number of benzene rings is 4. The van der Waals surface area contributed by atoms with Gasteiger partial charge in [-0.3, -0.25) is 9.59 Å². The number of esters is 1. The molecule has 0 spiro atoms. The van der Waals surface area contributed by atoms with Crippen molar-refractivity contribution in [1.82, 2.24) is 4.98 Å². The average Bonchev–Trinajstić information content (AvgIpc) is 3.21. The summed E-state index contributed by atoms with van der Waals surface area (Å²) in [6.07, 6.45) is 15.7. The molecule has 6 nitrogen and oxygen atoms in total. The number of ketones is 1. The second-order valence-electron chi connectivity index (χ2n) is 14.1. The van der Waals surface area contributed by atoms with Crippen molar-refractivity contribution in [1.29, 1.82) is 0 Å². The summed E-state index contributed by atoms with van der Waals surface area (Å²) >= 11 is 0. The fourth-order valence-corrected chi connectivity index (χ4v) is 6.25. The van der Waals surface area contributed by atoms with Crippen molar-refractivity contribution >= 4 is 11.8 Å². The molecule has 1 atom stereocenters. The highest BCUT2D eigenvalue weighted by Crippen LogP contribution is 2.27. The Morgan fingerprint density at radius 1 is 0.574 bits per heavy atom. The van der Waals surface area contributed by atoms with Gasteiger partial charge in [-0.2, -0.15) is 0 Å². The summed E-state index contributed by atoms with van der Waals surface area (Å²) < 4.78 is 17.3. The van der Waals surface area contributed by atoms with Crippen molar-refractivity contribution in [3.05, 3.63) is 132 Å². The Morgan fingerprint density at radius 3 is 1.56 bits per heavy atom. The van der Waals surface area contributed by atoms with Gasteiger partial charge < -0.3 is 14.2 Å². The van der Waals surface area contributed by atoms with Crippen LogP contribution in [0.15, 0.2) is 115 Å². The van der Waals surface area contributed by atoms with Gasteiger partial charge in [0.15, 0.2) is 5.78 Å². The van der Waals surface area contributed by atoms with Crippen LogP contribution in [0.2, 0.25) is 0 Å². The molecule has 0 radical (unpaired) electrons. The molecular weight excluding hydrogens is 671 g/mol. The van der Waals surface area contributed by atoms with Gasteiger partial charge in [-0.15, -0.1) is 0 Å². The van der Waals surface area contributed by atoms with E-state index in [0.717, 1.165) is 46.4 Å². The van der Waals surface area contributed by atoms with E-state index < -0.39 is 0 Å². The number of carbonyl (C=O) groups excluding carboxylic acids is 2. The molecule has 4 aromatic carbocycles. The van der Waals surface area contributed by atoms with E-state index in [1.165, 1.54) is 57.8 Å². The Labute approximate surface area is 321 Å². The van der Waals surface area contributed by atoms with Gasteiger partial charge in [-0.05, 0) is 65.8 Å². The van der Waals surface area contributed by atoms with E-state index >= 15 is 0 Å². The number of hydrogen-bond donors (Lipinski definition) is 0. The molecule has 1 heterocycles. The third-order valence-electron chi connectivity index (χ3n) is 9.72. The van der Waals surface area contributed by atoms with E-state index in [1.807, 2.05) is 123 Å². The van der Waals surface area contributed by atoms with Crippen LogP contribution >= 0.6 is 0 Å². The smallest absolute Gasteiger partial charge is 0.310 e. The molecule has 0 aliphatic carbocycles. The minimum absolute atomic E-state index is 0.0327. The van der Waals surface area contributed by atoms with Crippen LogP contribution in [0.3, 0.4) is 0 Å². The first kappa shape index (κ1) is 40.0. The maximum atomic E-state index is 13.3. The molecule has 1 aromatic heterocycles. The summed E-state index contributed by atoms with van der Waals surface area (Å²) in [6, 6.07) is 34.7. The molecule has 54 heavy (non-hydrogen) atoms. The van der Waals surface area contributed by atoms with Gasteiger partial charge >= 0.3 is 5.97 Å². The lowest BCUT2D eigenvalue weighted by atomic mass is 9.97. The molecule has 6 heteroatoms. The molecule has 5 aromatic rings. The monoisotopic (exact) mass is 725 g/mol. The van der Waals surface area contributed by atoms with Crippen LogP contribution in [0.25, 0.3) is 22.3 Å². The van der Waals surface area contributed by atoms with Crippen LogP contribution < -0.4 is 9.47 Å². The number of pyridine rings is 1. The molecule has 0 amide bonds. The maximum Gasteiger partial charge on any atom is 0.310 e. The van der Waals surface area contributed by atoms with E-state index in [0.29, 0.717) is 29.4 Å². The highest BCUT2D eigenvalue weighted by molar-refractivity contribution is 6.09. The van der Waals surface area contributed by atoms with Crippen LogP contribution in [-0.4, -0.2) is 29.4 Å². The lowest BCUT2D eigenvalue weighted by Gasteiger charge is -2.11.